The van der Waals surface area contributed by atoms with Gasteiger partial charge in [0, 0.05) is 25.8 Å². The molecule has 25 heavy (non-hydrogen) atoms. The van der Waals surface area contributed by atoms with Gasteiger partial charge in [-0.1, -0.05) is 17.7 Å². The highest BCUT2D eigenvalue weighted by Gasteiger charge is 2.33. The van der Waals surface area contributed by atoms with E-state index in [1.54, 1.807) is 11.8 Å². The third kappa shape index (κ3) is 4.80. The van der Waals surface area contributed by atoms with Gasteiger partial charge in [0.2, 0.25) is 5.91 Å². The average Bonchev–Trinajstić information content (AvgIpc) is 2.62. The molecule has 2 unspecified atom stereocenters. The molecule has 1 N–H and O–H groups in total. The van der Waals surface area contributed by atoms with Gasteiger partial charge in [0.1, 0.15) is 5.54 Å². The number of amides is 2. The molecule has 1 aliphatic heterocycles. The Morgan fingerprint density at radius 2 is 2.08 bits per heavy atom. The minimum atomic E-state index is -1.06. The van der Waals surface area contributed by atoms with Crippen molar-refractivity contribution in [3.63, 3.8) is 0 Å². The number of nitrogens with one attached hydrogen (secondary N) is 1. The second-order valence-electron chi connectivity index (χ2n) is 6.82. The number of piperidine rings is 1. The SMILES string of the molecule is COCC(C)(C#N)NC(=O)C1CCCN(C(=O)c2ccc(C)cc2)C1. The second kappa shape index (κ2) is 8.13. The van der Waals surface area contributed by atoms with Gasteiger partial charge < -0.3 is 15.0 Å². The van der Waals surface area contributed by atoms with Gasteiger partial charge in [0.25, 0.3) is 5.91 Å². The number of ether oxygens (including phenoxy) is 1. The number of aryl methyl sites for hydroxylation is 1. The lowest BCUT2D eigenvalue weighted by Gasteiger charge is -2.33. The average molecular weight is 343 g/mol. The van der Waals surface area contributed by atoms with E-state index < -0.39 is 5.54 Å². The van der Waals surface area contributed by atoms with Crippen molar-refractivity contribution in [2.75, 3.05) is 26.8 Å². The number of nitrogens with zero attached hydrogens (tertiary/aromatic N) is 2. The maximum absolute atomic E-state index is 12.6. The Balaban J connectivity index is 2.02. The first-order valence-corrected chi connectivity index (χ1v) is 8.46. The van der Waals surface area contributed by atoms with Crippen molar-refractivity contribution in [3.05, 3.63) is 35.4 Å². The summed E-state index contributed by atoms with van der Waals surface area (Å²) in [7, 11) is 1.49. The molecule has 1 aliphatic rings. The molecule has 0 aliphatic carbocycles. The van der Waals surface area contributed by atoms with Crippen molar-refractivity contribution in [2.45, 2.75) is 32.2 Å². The van der Waals surface area contributed by atoms with E-state index in [1.807, 2.05) is 31.2 Å². The Morgan fingerprint density at radius 3 is 2.68 bits per heavy atom. The van der Waals surface area contributed by atoms with Crippen LogP contribution in [0.5, 0.6) is 0 Å². The van der Waals surface area contributed by atoms with E-state index in [1.165, 1.54) is 7.11 Å². The third-order valence-electron chi connectivity index (χ3n) is 4.46. The summed E-state index contributed by atoms with van der Waals surface area (Å²) in [5, 5.41) is 12.0. The summed E-state index contributed by atoms with van der Waals surface area (Å²) >= 11 is 0. The van der Waals surface area contributed by atoms with E-state index in [9.17, 15) is 14.9 Å². The summed E-state index contributed by atoms with van der Waals surface area (Å²) in [4.78, 5) is 26.9. The molecule has 2 rings (SSSR count). The lowest BCUT2D eigenvalue weighted by molar-refractivity contribution is -0.128. The molecule has 0 saturated carbocycles. The maximum Gasteiger partial charge on any atom is 0.253 e. The van der Waals surface area contributed by atoms with Gasteiger partial charge in [-0.3, -0.25) is 9.59 Å². The Hall–Kier alpha value is -2.39. The number of methoxy groups -OCH3 is 1. The highest BCUT2D eigenvalue weighted by Crippen LogP contribution is 2.20. The van der Waals surface area contributed by atoms with E-state index in [0.717, 1.165) is 12.0 Å². The monoisotopic (exact) mass is 343 g/mol. The Kier molecular flexibility index (Phi) is 6.16. The van der Waals surface area contributed by atoms with Crippen LogP contribution in [-0.2, 0) is 9.53 Å². The first kappa shape index (κ1) is 18.9. The lowest BCUT2D eigenvalue weighted by atomic mass is 9.94. The van der Waals surface area contributed by atoms with E-state index in [2.05, 4.69) is 11.4 Å². The molecule has 1 aromatic rings. The molecule has 2 atom stereocenters. The molecule has 6 heteroatoms. The van der Waals surface area contributed by atoms with Crippen LogP contribution in [0.2, 0.25) is 0 Å². The fraction of sp³-hybridized carbons (Fsp3) is 0.526. The molecule has 2 amide bonds. The summed E-state index contributed by atoms with van der Waals surface area (Å²) in [6, 6.07) is 9.52. The smallest absolute Gasteiger partial charge is 0.253 e. The van der Waals surface area contributed by atoms with Crippen molar-refractivity contribution in [3.8, 4) is 6.07 Å². The van der Waals surface area contributed by atoms with E-state index in [4.69, 9.17) is 4.74 Å². The molecular formula is C19H25N3O3. The number of carbonyl (C=O) groups is 2. The molecule has 0 radical (unpaired) electrons. The highest BCUT2D eigenvalue weighted by molar-refractivity contribution is 5.94. The number of hydrogen-bond donors (Lipinski definition) is 1. The molecule has 1 heterocycles. The van der Waals surface area contributed by atoms with Crippen molar-refractivity contribution in [1.82, 2.24) is 10.2 Å². The fourth-order valence-corrected chi connectivity index (χ4v) is 3.01. The Morgan fingerprint density at radius 1 is 1.40 bits per heavy atom. The first-order valence-electron chi connectivity index (χ1n) is 8.46. The van der Waals surface area contributed by atoms with Crippen molar-refractivity contribution in [1.29, 1.82) is 5.26 Å². The standard InChI is InChI=1S/C19H25N3O3/c1-14-6-8-15(9-7-14)18(24)22-10-4-5-16(11-22)17(23)21-19(2,12-20)13-25-3/h6-9,16H,4-5,10-11,13H2,1-3H3,(H,21,23). The molecule has 0 aromatic heterocycles. The highest BCUT2D eigenvalue weighted by atomic mass is 16.5. The summed E-state index contributed by atoms with van der Waals surface area (Å²) in [6.45, 7) is 4.74. The molecule has 1 saturated heterocycles. The number of rotatable bonds is 5. The van der Waals surface area contributed by atoms with Crippen LogP contribution in [0.3, 0.4) is 0 Å². The number of nitriles is 1. The topological polar surface area (TPSA) is 82.4 Å². The second-order valence-corrected chi connectivity index (χ2v) is 6.82. The van der Waals surface area contributed by atoms with Crippen molar-refractivity contribution >= 4 is 11.8 Å². The molecule has 6 nitrogen and oxygen atoms in total. The molecule has 134 valence electrons. The summed E-state index contributed by atoms with van der Waals surface area (Å²) in [5.41, 5.74) is 0.670. The van der Waals surface area contributed by atoms with Crippen molar-refractivity contribution in [2.24, 2.45) is 5.92 Å². The predicted molar refractivity (Wildman–Crippen MR) is 93.8 cm³/mol. The largest absolute Gasteiger partial charge is 0.381 e. The number of hydrogen-bond acceptors (Lipinski definition) is 4. The van der Waals surface area contributed by atoms with Crippen LogP contribution in [0, 0.1) is 24.2 Å². The molecule has 1 aromatic carbocycles. The van der Waals surface area contributed by atoms with E-state index in [-0.39, 0.29) is 24.3 Å². The van der Waals surface area contributed by atoms with Gasteiger partial charge in [-0.2, -0.15) is 5.26 Å². The number of carbonyl (C=O) groups excluding carboxylic acids is 2. The first-order chi connectivity index (χ1) is 11.9. The van der Waals surface area contributed by atoms with Crippen LogP contribution in [-0.4, -0.2) is 49.1 Å². The zero-order valence-corrected chi connectivity index (χ0v) is 15.0. The van der Waals surface area contributed by atoms with Gasteiger partial charge in [-0.25, -0.2) is 0 Å². The van der Waals surface area contributed by atoms with Crippen LogP contribution in [0.4, 0.5) is 0 Å². The minimum absolute atomic E-state index is 0.0579. The van der Waals surface area contributed by atoms with Crippen LogP contribution in [0.1, 0.15) is 35.7 Å². The molecule has 0 bridgehead atoms. The van der Waals surface area contributed by atoms with Crippen molar-refractivity contribution < 1.29 is 14.3 Å². The van der Waals surface area contributed by atoms with Crippen LogP contribution < -0.4 is 5.32 Å². The van der Waals surface area contributed by atoms with Gasteiger partial charge >= 0.3 is 0 Å². The van der Waals surface area contributed by atoms with Gasteiger partial charge in [0.05, 0.1) is 18.6 Å². The van der Waals surface area contributed by atoms with Gasteiger partial charge in [-0.15, -0.1) is 0 Å². The van der Waals surface area contributed by atoms with Gasteiger partial charge in [-0.05, 0) is 38.8 Å². The molecule has 0 spiro atoms. The van der Waals surface area contributed by atoms with Crippen LogP contribution in [0.25, 0.3) is 0 Å². The normalized spacial score (nSPS) is 19.6. The minimum Gasteiger partial charge on any atom is -0.381 e. The van der Waals surface area contributed by atoms with E-state index >= 15 is 0 Å². The molecular weight excluding hydrogens is 318 g/mol. The number of benzene rings is 1. The maximum atomic E-state index is 12.6. The fourth-order valence-electron chi connectivity index (χ4n) is 3.01. The number of likely N-dealkylation sites (tertiary alicyclic amines) is 1. The van der Waals surface area contributed by atoms with Crippen LogP contribution in [0.15, 0.2) is 24.3 Å². The zero-order chi connectivity index (χ0) is 18.4. The Bertz CT molecular complexity index is 665. The summed E-state index contributed by atoms with van der Waals surface area (Å²) in [5.74, 6) is -0.576. The van der Waals surface area contributed by atoms with Gasteiger partial charge in [0.15, 0.2) is 0 Å². The summed E-state index contributed by atoms with van der Waals surface area (Å²) in [6.07, 6.45) is 1.47. The quantitative estimate of drug-likeness (QED) is 0.885. The Labute approximate surface area is 148 Å². The molecule has 1 fully saturated rings. The van der Waals surface area contributed by atoms with E-state index in [0.29, 0.717) is 25.1 Å². The summed E-state index contributed by atoms with van der Waals surface area (Å²) < 4.78 is 5.01. The predicted octanol–water partition coefficient (Wildman–Crippen LogP) is 1.89. The zero-order valence-electron chi connectivity index (χ0n) is 15.0. The van der Waals surface area contributed by atoms with Crippen LogP contribution >= 0.6 is 0 Å². The lowest BCUT2D eigenvalue weighted by Crippen LogP contribution is -2.53. The third-order valence-corrected chi connectivity index (χ3v) is 4.46.